The molecule has 2 rings (SSSR count). The lowest BCUT2D eigenvalue weighted by atomic mass is 10.2. The van der Waals surface area contributed by atoms with Gasteiger partial charge < -0.3 is 5.32 Å². The van der Waals surface area contributed by atoms with Crippen LogP contribution in [-0.2, 0) is 16.4 Å². The Balaban J connectivity index is 2.18. The van der Waals surface area contributed by atoms with Crippen molar-refractivity contribution in [3.05, 3.63) is 46.8 Å². The van der Waals surface area contributed by atoms with Crippen LogP contribution in [0, 0.1) is 6.92 Å². The third-order valence-electron chi connectivity index (χ3n) is 2.91. The lowest BCUT2D eigenvalue weighted by Gasteiger charge is -2.08. The standard InChI is InChI=1S/C14H18N2O2S2/c1-11-5-3-4-6-13(11)16-20(17,18)14-8-7-12(19-14)9-10-15-2/h3-8,15-16H,9-10H2,1-2H3. The van der Waals surface area contributed by atoms with Gasteiger partial charge in [-0.1, -0.05) is 18.2 Å². The molecule has 0 saturated carbocycles. The Labute approximate surface area is 123 Å². The van der Waals surface area contributed by atoms with Crippen LogP contribution in [0.3, 0.4) is 0 Å². The molecule has 0 amide bonds. The summed E-state index contributed by atoms with van der Waals surface area (Å²) >= 11 is 1.31. The predicted molar refractivity (Wildman–Crippen MR) is 83.9 cm³/mol. The maximum absolute atomic E-state index is 12.3. The van der Waals surface area contributed by atoms with E-state index in [9.17, 15) is 8.42 Å². The van der Waals surface area contributed by atoms with Gasteiger partial charge in [0.2, 0.25) is 0 Å². The Kier molecular flexibility index (Phi) is 4.80. The third kappa shape index (κ3) is 3.59. The molecule has 0 saturated heterocycles. The van der Waals surface area contributed by atoms with E-state index in [1.165, 1.54) is 11.3 Å². The molecule has 4 nitrogen and oxygen atoms in total. The van der Waals surface area contributed by atoms with Gasteiger partial charge in [0.25, 0.3) is 10.0 Å². The van der Waals surface area contributed by atoms with E-state index in [1.807, 2.05) is 38.2 Å². The number of sulfonamides is 1. The minimum Gasteiger partial charge on any atom is -0.319 e. The van der Waals surface area contributed by atoms with Crippen LogP contribution in [0.4, 0.5) is 5.69 Å². The van der Waals surface area contributed by atoms with E-state index in [-0.39, 0.29) is 0 Å². The van der Waals surface area contributed by atoms with Gasteiger partial charge in [-0.3, -0.25) is 4.72 Å². The molecule has 2 N–H and O–H groups in total. The Morgan fingerprint density at radius 3 is 2.60 bits per heavy atom. The molecule has 0 aliphatic rings. The molecule has 0 spiro atoms. The van der Waals surface area contributed by atoms with E-state index in [4.69, 9.17) is 0 Å². The van der Waals surface area contributed by atoms with Gasteiger partial charge in [0.15, 0.2) is 0 Å². The largest absolute Gasteiger partial charge is 0.319 e. The van der Waals surface area contributed by atoms with Gasteiger partial charge in [-0.15, -0.1) is 11.3 Å². The van der Waals surface area contributed by atoms with Crippen LogP contribution in [0.15, 0.2) is 40.6 Å². The van der Waals surface area contributed by atoms with Gasteiger partial charge in [0.1, 0.15) is 4.21 Å². The molecule has 0 bridgehead atoms. The van der Waals surface area contributed by atoms with E-state index >= 15 is 0 Å². The van der Waals surface area contributed by atoms with Crippen molar-refractivity contribution >= 4 is 27.0 Å². The van der Waals surface area contributed by atoms with Gasteiger partial charge in [0.05, 0.1) is 5.69 Å². The van der Waals surface area contributed by atoms with E-state index in [0.29, 0.717) is 9.90 Å². The molecule has 0 aliphatic heterocycles. The number of para-hydroxylation sites is 1. The van der Waals surface area contributed by atoms with Crippen LogP contribution < -0.4 is 10.0 Å². The summed E-state index contributed by atoms with van der Waals surface area (Å²) in [5, 5.41) is 3.05. The van der Waals surface area contributed by atoms with Gasteiger partial charge in [-0.05, 0) is 50.7 Å². The first-order valence-corrected chi connectivity index (χ1v) is 8.64. The lowest BCUT2D eigenvalue weighted by Crippen LogP contribution is -2.12. The number of hydrogen-bond donors (Lipinski definition) is 2. The average molecular weight is 310 g/mol. The summed E-state index contributed by atoms with van der Waals surface area (Å²) in [4.78, 5) is 1.06. The van der Waals surface area contributed by atoms with Gasteiger partial charge in [0, 0.05) is 4.88 Å². The molecule has 1 heterocycles. The van der Waals surface area contributed by atoms with E-state index in [1.54, 1.807) is 12.1 Å². The van der Waals surface area contributed by atoms with Crippen LogP contribution in [0.5, 0.6) is 0 Å². The fourth-order valence-corrected chi connectivity index (χ4v) is 4.25. The van der Waals surface area contributed by atoms with Gasteiger partial charge >= 0.3 is 0 Å². The van der Waals surface area contributed by atoms with Crippen LogP contribution in [0.2, 0.25) is 0 Å². The summed E-state index contributed by atoms with van der Waals surface area (Å²) in [5.74, 6) is 0. The number of thiophene rings is 1. The zero-order chi connectivity index (χ0) is 14.6. The minimum absolute atomic E-state index is 0.354. The fourth-order valence-electron chi connectivity index (χ4n) is 1.77. The molecule has 0 atom stereocenters. The molecule has 6 heteroatoms. The first kappa shape index (κ1) is 15.0. The third-order valence-corrected chi connectivity index (χ3v) is 5.91. The Morgan fingerprint density at radius 1 is 1.15 bits per heavy atom. The highest BCUT2D eigenvalue weighted by Gasteiger charge is 2.17. The molecular weight excluding hydrogens is 292 g/mol. The molecule has 0 aliphatic carbocycles. The Bertz CT molecular complexity index is 678. The monoisotopic (exact) mass is 310 g/mol. The number of likely N-dealkylation sites (N-methyl/N-ethyl adjacent to an activating group) is 1. The molecule has 2 aromatic rings. The van der Waals surface area contributed by atoms with Crippen LogP contribution in [0.1, 0.15) is 10.4 Å². The SMILES string of the molecule is CNCCc1ccc(S(=O)(=O)Nc2ccccc2C)s1. The van der Waals surface area contributed by atoms with E-state index < -0.39 is 10.0 Å². The molecular formula is C14H18N2O2S2. The number of rotatable bonds is 6. The highest BCUT2D eigenvalue weighted by atomic mass is 32.2. The number of hydrogen-bond acceptors (Lipinski definition) is 4. The van der Waals surface area contributed by atoms with Crippen molar-refractivity contribution < 1.29 is 8.42 Å². The molecule has 108 valence electrons. The Morgan fingerprint density at radius 2 is 1.90 bits per heavy atom. The summed E-state index contributed by atoms with van der Waals surface area (Å²) in [6.45, 7) is 2.72. The fraction of sp³-hybridized carbons (Fsp3) is 0.286. The number of anilines is 1. The second-order valence-electron chi connectivity index (χ2n) is 4.49. The van der Waals surface area contributed by atoms with Crippen molar-refractivity contribution in [3.8, 4) is 0 Å². The first-order chi connectivity index (χ1) is 9.53. The molecule has 1 aromatic carbocycles. The van der Waals surface area contributed by atoms with Crippen molar-refractivity contribution in [3.63, 3.8) is 0 Å². The van der Waals surface area contributed by atoms with Crippen molar-refractivity contribution in [1.82, 2.24) is 5.32 Å². The van der Waals surface area contributed by atoms with Crippen molar-refractivity contribution in [2.24, 2.45) is 0 Å². The van der Waals surface area contributed by atoms with Crippen LogP contribution in [-0.4, -0.2) is 22.0 Å². The number of nitrogens with one attached hydrogen (secondary N) is 2. The van der Waals surface area contributed by atoms with E-state index in [0.717, 1.165) is 23.4 Å². The van der Waals surface area contributed by atoms with Crippen molar-refractivity contribution in [1.29, 1.82) is 0 Å². The lowest BCUT2D eigenvalue weighted by molar-refractivity contribution is 0.603. The van der Waals surface area contributed by atoms with E-state index in [2.05, 4.69) is 10.0 Å². The van der Waals surface area contributed by atoms with Gasteiger partial charge in [-0.25, -0.2) is 8.42 Å². The molecule has 0 radical (unpaired) electrons. The van der Waals surface area contributed by atoms with Crippen LogP contribution >= 0.6 is 11.3 Å². The second-order valence-corrected chi connectivity index (χ2v) is 7.57. The zero-order valence-electron chi connectivity index (χ0n) is 11.5. The molecule has 20 heavy (non-hydrogen) atoms. The highest BCUT2D eigenvalue weighted by molar-refractivity contribution is 7.94. The predicted octanol–water partition coefficient (Wildman–Crippen LogP) is 2.62. The van der Waals surface area contributed by atoms with Crippen molar-refractivity contribution in [2.75, 3.05) is 18.3 Å². The summed E-state index contributed by atoms with van der Waals surface area (Å²) in [7, 11) is -1.61. The zero-order valence-corrected chi connectivity index (χ0v) is 13.1. The number of benzene rings is 1. The Hall–Kier alpha value is -1.37. The topological polar surface area (TPSA) is 58.2 Å². The molecule has 0 fully saturated rings. The normalized spacial score (nSPS) is 11.5. The smallest absolute Gasteiger partial charge is 0.271 e. The molecule has 0 unspecified atom stereocenters. The minimum atomic E-state index is -3.49. The summed E-state index contributed by atoms with van der Waals surface area (Å²) in [6.07, 6.45) is 0.834. The quantitative estimate of drug-likeness (QED) is 0.862. The summed E-state index contributed by atoms with van der Waals surface area (Å²) < 4.78 is 27.6. The second kappa shape index (κ2) is 6.39. The molecule has 1 aromatic heterocycles. The van der Waals surface area contributed by atoms with Gasteiger partial charge in [-0.2, -0.15) is 0 Å². The summed E-state index contributed by atoms with van der Waals surface area (Å²) in [6, 6.07) is 10.9. The first-order valence-electron chi connectivity index (χ1n) is 6.34. The summed E-state index contributed by atoms with van der Waals surface area (Å²) in [5.41, 5.74) is 1.53. The number of aryl methyl sites for hydroxylation is 1. The van der Waals surface area contributed by atoms with Crippen molar-refractivity contribution in [2.45, 2.75) is 17.6 Å². The maximum Gasteiger partial charge on any atom is 0.271 e. The maximum atomic E-state index is 12.3. The highest BCUT2D eigenvalue weighted by Crippen LogP contribution is 2.25. The average Bonchev–Trinajstić information content (AvgIpc) is 2.88. The van der Waals surface area contributed by atoms with Crippen LogP contribution in [0.25, 0.3) is 0 Å².